The van der Waals surface area contributed by atoms with Crippen LogP contribution in [0.15, 0.2) is 83.8 Å². The van der Waals surface area contributed by atoms with Crippen molar-refractivity contribution in [1.29, 1.82) is 0 Å². The normalized spacial score (nSPS) is 22.5. The minimum absolute atomic E-state index is 0.0122. The van der Waals surface area contributed by atoms with Crippen LogP contribution in [-0.2, 0) is 22.7 Å². The molecule has 0 aromatic heterocycles. The van der Waals surface area contributed by atoms with Crippen molar-refractivity contribution in [3.05, 3.63) is 111 Å². The first-order chi connectivity index (χ1) is 18.0. The predicted molar refractivity (Wildman–Crippen MR) is 147 cm³/mol. The molecule has 4 nitrogen and oxygen atoms in total. The lowest BCUT2D eigenvalue weighted by Crippen LogP contribution is -2.53. The van der Waals surface area contributed by atoms with E-state index in [0.717, 1.165) is 29.5 Å². The van der Waals surface area contributed by atoms with Crippen LogP contribution >= 0.6 is 23.4 Å². The third-order valence-electron chi connectivity index (χ3n) is 7.02. The second-order valence-corrected chi connectivity index (χ2v) is 11.3. The van der Waals surface area contributed by atoms with Gasteiger partial charge in [0.1, 0.15) is 5.82 Å². The standard InChI is InChI=1S/C30H28ClFN2O2S/c31-24-11-6-21(7-12-24)18-33-29(35)23-10-15-27-26(17-23)34(19-22-8-13-25(32)14-9-22)30(36)28(37-27)16-20-4-2-1-3-5-20/h1-9,11-14,16,23,26-27H,10,15,17-19H2,(H,33,35)/b28-16-. The molecule has 2 amide bonds. The Kier molecular flexibility index (Phi) is 7.96. The smallest absolute Gasteiger partial charge is 0.260 e. The van der Waals surface area contributed by atoms with Crippen LogP contribution < -0.4 is 5.32 Å². The van der Waals surface area contributed by atoms with Gasteiger partial charge in [-0.05, 0) is 66.3 Å². The number of hydrogen-bond donors (Lipinski definition) is 1. The molecule has 3 aromatic carbocycles. The molecule has 3 unspecified atom stereocenters. The van der Waals surface area contributed by atoms with Crippen LogP contribution in [-0.4, -0.2) is 28.0 Å². The highest BCUT2D eigenvalue weighted by Gasteiger charge is 2.44. The summed E-state index contributed by atoms with van der Waals surface area (Å²) in [4.78, 5) is 29.4. The molecule has 1 saturated carbocycles. The van der Waals surface area contributed by atoms with Crippen molar-refractivity contribution in [3.8, 4) is 0 Å². The van der Waals surface area contributed by atoms with Gasteiger partial charge in [-0.2, -0.15) is 0 Å². The quantitative estimate of drug-likeness (QED) is 0.370. The molecule has 1 heterocycles. The van der Waals surface area contributed by atoms with Gasteiger partial charge >= 0.3 is 0 Å². The highest BCUT2D eigenvalue weighted by molar-refractivity contribution is 8.04. The maximum absolute atomic E-state index is 13.7. The number of nitrogens with zero attached hydrogens (tertiary/aromatic N) is 1. The molecule has 1 saturated heterocycles. The molecule has 2 aliphatic rings. The Morgan fingerprint density at radius 1 is 1.00 bits per heavy atom. The van der Waals surface area contributed by atoms with Gasteiger partial charge in [0.2, 0.25) is 5.91 Å². The molecule has 0 spiro atoms. The van der Waals surface area contributed by atoms with Gasteiger partial charge in [-0.3, -0.25) is 9.59 Å². The van der Waals surface area contributed by atoms with Crippen molar-refractivity contribution < 1.29 is 14.0 Å². The van der Waals surface area contributed by atoms with Gasteiger partial charge < -0.3 is 10.2 Å². The Morgan fingerprint density at radius 3 is 2.43 bits per heavy atom. The number of rotatable bonds is 6. The molecular weight excluding hydrogens is 507 g/mol. The predicted octanol–water partition coefficient (Wildman–Crippen LogP) is 6.45. The van der Waals surface area contributed by atoms with Crippen molar-refractivity contribution in [2.24, 2.45) is 5.92 Å². The Bertz CT molecular complexity index is 1280. The van der Waals surface area contributed by atoms with Gasteiger partial charge in [0.05, 0.1) is 4.91 Å². The van der Waals surface area contributed by atoms with E-state index in [1.165, 1.54) is 12.1 Å². The molecular formula is C30H28ClFN2O2S. The minimum Gasteiger partial charge on any atom is -0.352 e. The number of benzene rings is 3. The molecule has 3 atom stereocenters. The number of hydrogen-bond acceptors (Lipinski definition) is 3. The molecule has 190 valence electrons. The average Bonchev–Trinajstić information content (AvgIpc) is 2.92. The number of carbonyl (C=O) groups is 2. The van der Waals surface area contributed by atoms with Crippen LogP contribution in [0.3, 0.4) is 0 Å². The van der Waals surface area contributed by atoms with Crippen molar-refractivity contribution >= 4 is 41.3 Å². The lowest BCUT2D eigenvalue weighted by molar-refractivity contribution is -0.133. The summed E-state index contributed by atoms with van der Waals surface area (Å²) in [5.74, 6) is -0.501. The van der Waals surface area contributed by atoms with Crippen LogP contribution in [0.5, 0.6) is 0 Å². The molecule has 7 heteroatoms. The van der Waals surface area contributed by atoms with Gasteiger partial charge in [-0.25, -0.2) is 4.39 Å². The summed E-state index contributed by atoms with van der Waals surface area (Å²) in [5.41, 5.74) is 2.84. The van der Waals surface area contributed by atoms with E-state index in [-0.39, 0.29) is 34.8 Å². The van der Waals surface area contributed by atoms with E-state index in [1.807, 2.05) is 65.6 Å². The maximum Gasteiger partial charge on any atom is 0.260 e. The van der Waals surface area contributed by atoms with E-state index in [2.05, 4.69) is 5.32 Å². The maximum atomic E-state index is 13.7. The van der Waals surface area contributed by atoms with Gasteiger partial charge in [-0.1, -0.05) is 66.2 Å². The molecule has 37 heavy (non-hydrogen) atoms. The van der Waals surface area contributed by atoms with Crippen LogP contribution in [0.25, 0.3) is 6.08 Å². The minimum atomic E-state index is -0.304. The van der Waals surface area contributed by atoms with Gasteiger partial charge in [0, 0.05) is 35.3 Å². The summed E-state index contributed by atoms with van der Waals surface area (Å²) in [7, 11) is 0. The van der Waals surface area contributed by atoms with Crippen LogP contribution in [0.2, 0.25) is 5.02 Å². The van der Waals surface area contributed by atoms with Crippen molar-refractivity contribution in [2.75, 3.05) is 0 Å². The molecule has 0 bridgehead atoms. The number of halogens is 2. The first-order valence-corrected chi connectivity index (χ1v) is 13.7. The number of fused-ring (bicyclic) bond motifs is 1. The molecule has 0 radical (unpaired) electrons. The van der Waals surface area contributed by atoms with E-state index in [4.69, 9.17) is 11.6 Å². The SMILES string of the molecule is O=C(NCc1ccc(Cl)cc1)C1CCC2S/C(=C\c3ccccc3)C(=O)N(Cc3ccc(F)cc3)C2C1. The van der Waals surface area contributed by atoms with E-state index < -0.39 is 0 Å². The number of carbonyl (C=O) groups excluding carboxylic acids is 2. The Labute approximate surface area is 225 Å². The molecule has 5 rings (SSSR count). The lowest BCUT2D eigenvalue weighted by Gasteiger charge is -2.46. The van der Waals surface area contributed by atoms with E-state index in [0.29, 0.717) is 29.4 Å². The van der Waals surface area contributed by atoms with Crippen LogP contribution in [0.4, 0.5) is 4.39 Å². The Hall–Kier alpha value is -3.09. The largest absolute Gasteiger partial charge is 0.352 e. The van der Waals surface area contributed by atoms with E-state index >= 15 is 0 Å². The third kappa shape index (κ3) is 6.25. The fourth-order valence-electron chi connectivity index (χ4n) is 5.04. The van der Waals surface area contributed by atoms with Gasteiger partial charge in [-0.15, -0.1) is 11.8 Å². The second kappa shape index (κ2) is 11.5. The van der Waals surface area contributed by atoms with Gasteiger partial charge in [0.15, 0.2) is 0 Å². The zero-order valence-corrected chi connectivity index (χ0v) is 21.9. The molecule has 1 N–H and O–H groups in total. The summed E-state index contributed by atoms with van der Waals surface area (Å²) in [5, 5.41) is 3.93. The fraction of sp³-hybridized carbons (Fsp3) is 0.267. The fourth-order valence-corrected chi connectivity index (χ4v) is 6.58. The Balaban J connectivity index is 1.34. The topological polar surface area (TPSA) is 49.4 Å². The van der Waals surface area contributed by atoms with E-state index in [9.17, 15) is 14.0 Å². The highest BCUT2D eigenvalue weighted by Crippen LogP contribution is 2.44. The summed E-state index contributed by atoms with van der Waals surface area (Å²) < 4.78 is 13.5. The summed E-state index contributed by atoms with van der Waals surface area (Å²) in [6.45, 7) is 0.823. The first kappa shape index (κ1) is 25.6. The van der Waals surface area contributed by atoms with Crippen molar-refractivity contribution in [2.45, 2.75) is 43.6 Å². The number of thioether (sulfide) groups is 1. The molecule has 1 aliphatic carbocycles. The molecule has 1 aliphatic heterocycles. The first-order valence-electron chi connectivity index (χ1n) is 12.5. The highest BCUT2D eigenvalue weighted by atomic mass is 35.5. The zero-order valence-electron chi connectivity index (χ0n) is 20.3. The average molecular weight is 535 g/mol. The van der Waals surface area contributed by atoms with Crippen molar-refractivity contribution in [3.63, 3.8) is 0 Å². The molecule has 3 aromatic rings. The summed E-state index contributed by atoms with van der Waals surface area (Å²) in [6.07, 6.45) is 4.17. The second-order valence-electron chi connectivity index (χ2n) is 9.56. The van der Waals surface area contributed by atoms with Crippen LogP contribution in [0.1, 0.15) is 36.0 Å². The number of amides is 2. The third-order valence-corrected chi connectivity index (χ3v) is 8.67. The van der Waals surface area contributed by atoms with Gasteiger partial charge in [0.25, 0.3) is 5.91 Å². The lowest BCUT2D eigenvalue weighted by atomic mass is 9.83. The summed E-state index contributed by atoms with van der Waals surface area (Å²) >= 11 is 7.59. The zero-order chi connectivity index (χ0) is 25.8. The summed E-state index contributed by atoms with van der Waals surface area (Å²) in [6, 6.07) is 23.5. The number of nitrogens with one attached hydrogen (secondary N) is 1. The van der Waals surface area contributed by atoms with Crippen LogP contribution in [0, 0.1) is 11.7 Å². The molecule has 2 fully saturated rings. The Morgan fingerprint density at radius 2 is 1.70 bits per heavy atom. The van der Waals surface area contributed by atoms with E-state index in [1.54, 1.807) is 23.9 Å². The monoisotopic (exact) mass is 534 g/mol. The van der Waals surface area contributed by atoms with Crippen molar-refractivity contribution in [1.82, 2.24) is 10.2 Å².